The molecule has 1 aromatic heterocycles. The van der Waals surface area contributed by atoms with Crippen LogP contribution in [0.5, 0.6) is 0 Å². The maximum Gasteiger partial charge on any atom is 0.272 e. The van der Waals surface area contributed by atoms with Gasteiger partial charge in [0.25, 0.3) is 5.91 Å². The summed E-state index contributed by atoms with van der Waals surface area (Å²) >= 11 is 0. The van der Waals surface area contributed by atoms with Crippen molar-refractivity contribution in [2.24, 2.45) is 5.16 Å². The van der Waals surface area contributed by atoms with E-state index in [0.29, 0.717) is 18.0 Å². The number of halogens is 1. The lowest BCUT2D eigenvalue weighted by Crippen LogP contribution is -2.40. The lowest BCUT2D eigenvalue weighted by atomic mass is 9.95. The summed E-state index contributed by atoms with van der Waals surface area (Å²) in [5.41, 5.74) is 0.236. The Balaban J connectivity index is 1.69. The van der Waals surface area contributed by atoms with Crippen LogP contribution in [0.4, 0.5) is 10.2 Å². The molecule has 1 N–H and O–H groups in total. The smallest absolute Gasteiger partial charge is 0.272 e. The Kier molecular flexibility index (Phi) is 3.85. The quantitative estimate of drug-likeness (QED) is 0.942. The maximum atomic E-state index is 13.0. The Morgan fingerprint density at radius 2 is 2.13 bits per heavy atom. The van der Waals surface area contributed by atoms with E-state index in [2.05, 4.69) is 15.6 Å². The second kappa shape index (κ2) is 5.83. The number of aryl methyl sites for hydroxylation is 1. The van der Waals surface area contributed by atoms with E-state index in [1.807, 2.05) is 6.92 Å². The summed E-state index contributed by atoms with van der Waals surface area (Å²) in [6.07, 6.45) is 2.09. The van der Waals surface area contributed by atoms with E-state index in [9.17, 15) is 9.18 Å². The van der Waals surface area contributed by atoms with Crippen molar-refractivity contribution in [2.75, 3.05) is 5.32 Å². The molecule has 7 heteroatoms. The fourth-order valence-electron chi connectivity index (χ4n) is 2.31. The largest absolute Gasteiger partial charge is 0.379 e. The van der Waals surface area contributed by atoms with Crippen LogP contribution in [-0.4, -0.2) is 27.0 Å². The summed E-state index contributed by atoms with van der Waals surface area (Å²) in [7, 11) is 0. The molecule has 3 rings (SSSR count). The van der Waals surface area contributed by atoms with E-state index in [1.54, 1.807) is 36.0 Å². The summed E-state index contributed by atoms with van der Waals surface area (Å²) in [4.78, 5) is 17.8. The van der Waals surface area contributed by atoms with Crippen LogP contribution in [0.15, 0.2) is 41.7 Å². The zero-order valence-electron chi connectivity index (χ0n) is 12.9. The van der Waals surface area contributed by atoms with Crippen LogP contribution in [0, 0.1) is 5.82 Å². The van der Waals surface area contributed by atoms with Crippen LogP contribution in [-0.2, 0) is 16.2 Å². The molecule has 1 amide bonds. The number of hydrogen-bond acceptors (Lipinski definition) is 4. The van der Waals surface area contributed by atoms with Gasteiger partial charge in [-0.05, 0) is 31.5 Å². The van der Waals surface area contributed by atoms with Crippen molar-refractivity contribution in [1.29, 1.82) is 0 Å². The van der Waals surface area contributed by atoms with Gasteiger partial charge in [0.05, 0.1) is 5.71 Å². The minimum Gasteiger partial charge on any atom is -0.379 e. The van der Waals surface area contributed by atoms with Gasteiger partial charge in [0.15, 0.2) is 5.82 Å². The first-order valence-electron chi connectivity index (χ1n) is 7.36. The third-order valence-electron chi connectivity index (χ3n) is 3.73. The van der Waals surface area contributed by atoms with E-state index in [1.165, 1.54) is 12.1 Å². The first-order chi connectivity index (χ1) is 11.0. The highest BCUT2D eigenvalue weighted by molar-refractivity contribution is 6.07. The van der Waals surface area contributed by atoms with Crippen LogP contribution < -0.4 is 5.32 Å². The molecule has 0 bridgehead atoms. The highest BCUT2D eigenvalue weighted by Gasteiger charge is 2.42. The van der Waals surface area contributed by atoms with E-state index >= 15 is 0 Å². The number of rotatable bonds is 4. The van der Waals surface area contributed by atoms with Gasteiger partial charge in [0.1, 0.15) is 5.82 Å². The lowest BCUT2D eigenvalue weighted by molar-refractivity contribution is -0.135. The van der Waals surface area contributed by atoms with Crippen LogP contribution in [0.1, 0.15) is 25.8 Å². The molecule has 0 radical (unpaired) electrons. The normalized spacial score (nSPS) is 20.0. The monoisotopic (exact) mass is 316 g/mol. The molecule has 0 spiro atoms. The maximum absolute atomic E-state index is 13.0. The van der Waals surface area contributed by atoms with Crippen molar-refractivity contribution in [2.45, 2.75) is 32.4 Å². The molecule has 0 saturated carbocycles. The fraction of sp³-hybridized carbons (Fsp3) is 0.312. The molecule has 6 nitrogen and oxygen atoms in total. The molecule has 1 aliphatic rings. The molecule has 1 aromatic carbocycles. The fourth-order valence-corrected chi connectivity index (χ4v) is 2.31. The Morgan fingerprint density at radius 3 is 2.78 bits per heavy atom. The molecule has 0 fully saturated rings. The van der Waals surface area contributed by atoms with Crippen molar-refractivity contribution in [1.82, 2.24) is 9.78 Å². The van der Waals surface area contributed by atoms with Gasteiger partial charge in [-0.15, -0.1) is 0 Å². The van der Waals surface area contributed by atoms with Crippen LogP contribution >= 0.6 is 0 Å². The molecule has 2 aromatic rings. The summed E-state index contributed by atoms with van der Waals surface area (Å²) in [5.74, 6) is -0.170. The molecule has 120 valence electrons. The average Bonchev–Trinajstić information content (AvgIpc) is 3.15. The Bertz CT molecular complexity index is 754. The lowest BCUT2D eigenvalue weighted by Gasteiger charge is -2.19. The van der Waals surface area contributed by atoms with E-state index < -0.39 is 5.60 Å². The number of carbonyl (C=O) groups is 1. The Labute approximate surface area is 132 Å². The number of carbonyl (C=O) groups excluding carboxylic acids is 1. The highest BCUT2D eigenvalue weighted by Crippen LogP contribution is 2.28. The van der Waals surface area contributed by atoms with Crippen LogP contribution in [0.25, 0.3) is 0 Å². The number of nitrogens with zero attached hydrogens (tertiary/aromatic N) is 3. The molecule has 1 aliphatic heterocycles. The van der Waals surface area contributed by atoms with Crippen molar-refractivity contribution in [3.63, 3.8) is 0 Å². The molecule has 0 saturated heterocycles. The molecule has 2 heterocycles. The van der Waals surface area contributed by atoms with Crippen molar-refractivity contribution in [3.05, 3.63) is 47.9 Å². The number of anilines is 1. The SMILES string of the molecule is CCn1ccc(NC(=O)[C@@]2(C)CC(c3ccc(F)cc3)=NO2)n1. The van der Waals surface area contributed by atoms with E-state index in [-0.39, 0.29) is 11.7 Å². The molecular weight excluding hydrogens is 299 g/mol. The molecular formula is C16H17FN4O2. The Morgan fingerprint density at radius 1 is 1.39 bits per heavy atom. The van der Waals surface area contributed by atoms with Crippen molar-refractivity contribution in [3.8, 4) is 0 Å². The van der Waals surface area contributed by atoms with Gasteiger partial charge in [-0.1, -0.05) is 17.3 Å². The minimum absolute atomic E-state index is 0.305. The van der Waals surface area contributed by atoms with Crippen LogP contribution in [0.3, 0.4) is 0 Å². The molecule has 1 atom stereocenters. The number of nitrogens with one attached hydrogen (secondary N) is 1. The third-order valence-corrected chi connectivity index (χ3v) is 3.73. The predicted octanol–water partition coefficient (Wildman–Crippen LogP) is 2.56. The number of hydrogen-bond donors (Lipinski definition) is 1. The number of amides is 1. The second-order valence-electron chi connectivity index (χ2n) is 5.55. The van der Waals surface area contributed by atoms with Gasteiger partial charge >= 0.3 is 0 Å². The number of oxime groups is 1. The van der Waals surface area contributed by atoms with E-state index in [4.69, 9.17) is 4.84 Å². The zero-order valence-corrected chi connectivity index (χ0v) is 12.9. The van der Waals surface area contributed by atoms with Gasteiger partial charge < -0.3 is 10.2 Å². The second-order valence-corrected chi connectivity index (χ2v) is 5.55. The zero-order chi connectivity index (χ0) is 16.4. The van der Waals surface area contributed by atoms with Gasteiger partial charge in [-0.25, -0.2) is 4.39 Å². The Hall–Kier alpha value is -2.70. The van der Waals surface area contributed by atoms with Gasteiger partial charge in [0.2, 0.25) is 5.60 Å². The molecule has 0 aliphatic carbocycles. The standard InChI is InChI=1S/C16H17FN4O2/c1-3-21-9-8-14(19-21)18-15(22)16(2)10-13(20-23-16)11-4-6-12(17)7-5-11/h4-9H,3,10H2,1-2H3,(H,18,19,22)/t16-/m1/s1. The highest BCUT2D eigenvalue weighted by atomic mass is 19.1. The minimum atomic E-state index is -1.11. The van der Waals surface area contributed by atoms with Gasteiger partial charge in [-0.2, -0.15) is 5.10 Å². The molecule has 0 unspecified atom stereocenters. The van der Waals surface area contributed by atoms with Gasteiger partial charge in [-0.3, -0.25) is 9.48 Å². The first-order valence-corrected chi connectivity index (χ1v) is 7.36. The third kappa shape index (κ3) is 3.08. The average molecular weight is 316 g/mol. The molecule has 23 heavy (non-hydrogen) atoms. The summed E-state index contributed by atoms with van der Waals surface area (Å²) in [5, 5.41) is 10.9. The van der Waals surface area contributed by atoms with Crippen molar-refractivity contribution >= 4 is 17.4 Å². The van der Waals surface area contributed by atoms with Crippen LogP contribution in [0.2, 0.25) is 0 Å². The number of benzene rings is 1. The number of aromatic nitrogens is 2. The summed E-state index contributed by atoms with van der Waals surface area (Å²) < 4.78 is 14.7. The van der Waals surface area contributed by atoms with Crippen molar-refractivity contribution < 1.29 is 14.0 Å². The van der Waals surface area contributed by atoms with Gasteiger partial charge in [0, 0.05) is 25.2 Å². The summed E-state index contributed by atoms with van der Waals surface area (Å²) in [6, 6.07) is 7.66. The summed E-state index contributed by atoms with van der Waals surface area (Å²) in [6.45, 7) is 4.35. The predicted molar refractivity (Wildman–Crippen MR) is 83.6 cm³/mol. The van der Waals surface area contributed by atoms with E-state index in [0.717, 1.165) is 12.1 Å². The topological polar surface area (TPSA) is 68.5 Å². The first kappa shape index (κ1) is 15.2.